The second-order valence-corrected chi connectivity index (χ2v) is 7.83. The zero-order chi connectivity index (χ0) is 17.7. The summed E-state index contributed by atoms with van der Waals surface area (Å²) in [4.78, 5) is 12.3. The number of hydrogen-bond donors (Lipinski definition) is 2. The molecule has 0 unspecified atom stereocenters. The van der Waals surface area contributed by atoms with Crippen molar-refractivity contribution in [2.24, 2.45) is 0 Å². The van der Waals surface area contributed by atoms with Crippen molar-refractivity contribution < 1.29 is 4.79 Å². The molecule has 0 aliphatic heterocycles. The number of benzene rings is 2. The molecule has 2 aromatic rings. The van der Waals surface area contributed by atoms with Crippen molar-refractivity contribution in [3.8, 4) is 0 Å². The van der Waals surface area contributed by atoms with Gasteiger partial charge in [0.1, 0.15) is 0 Å². The summed E-state index contributed by atoms with van der Waals surface area (Å²) in [6, 6.07) is 15.5. The van der Waals surface area contributed by atoms with E-state index in [1.165, 1.54) is 0 Å². The van der Waals surface area contributed by atoms with Crippen LogP contribution in [0.25, 0.3) is 0 Å². The van der Waals surface area contributed by atoms with Gasteiger partial charge in [0.25, 0.3) is 5.91 Å². The average molecular weight is 405 g/mol. The van der Waals surface area contributed by atoms with Crippen LogP contribution in [0.2, 0.25) is 0 Å². The van der Waals surface area contributed by atoms with Crippen LogP contribution in [0, 0.1) is 0 Å². The molecule has 2 aromatic carbocycles. The molecule has 0 heterocycles. The molecule has 5 heteroatoms. The van der Waals surface area contributed by atoms with E-state index in [0.29, 0.717) is 17.2 Å². The van der Waals surface area contributed by atoms with Gasteiger partial charge in [-0.25, -0.2) is 0 Å². The Bertz CT molecular complexity index is 739. The number of carbonyl (C=O) groups excluding carboxylic acids is 1. The van der Waals surface area contributed by atoms with Gasteiger partial charge >= 0.3 is 0 Å². The largest absolute Gasteiger partial charge is 0.358 e. The second-order valence-electron chi connectivity index (χ2n) is 6.57. The van der Waals surface area contributed by atoms with E-state index < -0.39 is 0 Å². The van der Waals surface area contributed by atoms with Crippen molar-refractivity contribution in [1.82, 2.24) is 10.6 Å². The third-order valence-corrected chi connectivity index (χ3v) is 4.46. The van der Waals surface area contributed by atoms with Crippen molar-refractivity contribution in [1.29, 1.82) is 0 Å². The molecule has 1 amide bonds. The van der Waals surface area contributed by atoms with Crippen molar-refractivity contribution in [3.05, 3.63) is 69.7 Å². The first-order valence-electron chi connectivity index (χ1n) is 7.70. The third kappa shape index (κ3) is 5.14. The second kappa shape index (κ2) is 7.90. The minimum Gasteiger partial charge on any atom is -0.358 e. The highest BCUT2D eigenvalue weighted by atomic mass is 79.9. The maximum absolute atomic E-state index is 12.3. The van der Waals surface area contributed by atoms with Gasteiger partial charge in [-0.1, -0.05) is 73.1 Å². The predicted octanol–water partition coefficient (Wildman–Crippen LogP) is 4.55. The van der Waals surface area contributed by atoms with Crippen LogP contribution in [0.1, 0.15) is 42.3 Å². The van der Waals surface area contributed by atoms with E-state index in [4.69, 9.17) is 12.2 Å². The summed E-state index contributed by atoms with van der Waals surface area (Å²) in [5, 5.41) is 6.07. The number of carbonyl (C=O) groups is 1. The molecule has 0 aromatic heterocycles. The number of thiocarbonyl (C=S) groups is 1. The Kier molecular flexibility index (Phi) is 6.13. The van der Waals surface area contributed by atoms with Crippen molar-refractivity contribution >= 4 is 39.2 Å². The number of hydrogen-bond acceptors (Lipinski definition) is 2. The van der Waals surface area contributed by atoms with Crippen molar-refractivity contribution in [2.75, 3.05) is 0 Å². The summed E-state index contributed by atoms with van der Waals surface area (Å²) in [5.74, 6) is -0.221. The molecule has 0 aliphatic rings. The van der Waals surface area contributed by atoms with Gasteiger partial charge in [-0.3, -0.25) is 10.1 Å². The van der Waals surface area contributed by atoms with Crippen LogP contribution in [0.3, 0.4) is 0 Å². The molecule has 0 saturated heterocycles. The first kappa shape index (κ1) is 18.6. The highest BCUT2D eigenvalue weighted by molar-refractivity contribution is 9.10. The first-order chi connectivity index (χ1) is 11.3. The van der Waals surface area contributed by atoms with E-state index >= 15 is 0 Å². The monoisotopic (exact) mass is 404 g/mol. The molecular weight excluding hydrogens is 384 g/mol. The molecule has 0 bridgehead atoms. The van der Waals surface area contributed by atoms with E-state index in [1.807, 2.05) is 48.5 Å². The molecule has 24 heavy (non-hydrogen) atoms. The number of amides is 1. The molecular formula is C19H21BrN2OS. The minimum absolute atomic E-state index is 0.0143. The van der Waals surface area contributed by atoms with Crippen LogP contribution in [0.4, 0.5) is 0 Å². The summed E-state index contributed by atoms with van der Waals surface area (Å²) in [5.41, 5.74) is 2.84. The fourth-order valence-electron chi connectivity index (χ4n) is 2.26. The van der Waals surface area contributed by atoms with Gasteiger partial charge in [0.15, 0.2) is 5.11 Å². The summed E-state index contributed by atoms with van der Waals surface area (Å²) in [7, 11) is 0. The van der Waals surface area contributed by atoms with Crippen LogP contribution in [-0.4, -0.2) is 11.0 Å². The van der Waals surface area contributed by atoms with Gasteiger partial charge in [0.05, 0.1) is 0 Å². The Labute approximate surface area is 157 Å². The van der Waals surface area contributed by atoms with Gasteiger partial charge in [0, 0.05) is 16.6 Å². The zero-order valence-corrected chi connectivity index (χ0v) is 16.4. The molecule has 0 saturated carbocycles. The topological polar surface area (TPSA) is 41.1 Å². The maximum atomic E-state index is 12.3. The highest BCUT2D eigenvalue weighted by Gasteiger charge is 2.18. The quantitative estimate of drug-likeness (QED) is 0.737. The Morgan fingerprint density at radius 1 is 1.12 bits per heavy atom. The fourth-order valence-corrected chi connectivity index (χ4v) is 3.40. The predicted molar refractivity (Wildman–Crippen MR) is 106 cm³/mol. The standard InChI is InChI=1S/C19H21BrN2OS/c1-19(2,3)15-10-9-14(11-16(15)20)17(23)22-18(24)21-12-13-7-5-4-6-8-13/h4-11H,12H2,1-3H3,(H2,21,22,23,24). The normalized spacial score (nSPS) is 11.0. The summed E-state index contributed by atoms with van der Waals surface area (Å²) >= 11 is 8.74. The molecule has 0 fully saturated rings. The average Bonchev–Trinajstić information content (AvgIpc) is 2.52. The van der Waals surface area contributed by atoms with Crippen molar-refractivity contribution in [2.45, 2.75) is 32.7 Å². The van der Waals surface area contributed by atoms with Crippen LogP contribution < -0.4 is 10.6 Å². The van der Waals surface area contributed by atoms with Crippen molar-refractivity contribution in [3.63, 3.8) is 0 Å². The Balaban J connectivity index is 1.97. The maximum Gasteiger partial charge on any atom is 0.257 e. The molecule has 2 rings (SSSR count). The smallest absolute Gasteiger partial charge is 0.257 e. The summed E-state index contributed by atoms with van der Waals surface area (Å²) in [6.07, 6.45) is 0. The number of rotatable bonds is 3. The Morgan fingerprint density at radius 2 is 1.79 bits per heavy atom. The van der Waals surface area contributed by atoms with Crippen LogP contribution in [0.5, 0.6) is 0 Å². The molecule has 0 radical (unpaired) electrons. The van der Waals surface area contributed by atoms with Crippen LogP contribution in [0.15, 0.2) is 53.0 Å². The lowest BCUT2D eigenvalue weighted by atomic mass is 9.86. The number of nitrogens with one attached hydrogen (secondary N) is 2. The van der Waals surface area contributed by atoms with Gasteiger partial charge < -0.3 is 5.32 Å². The summed E-state index contributed by atoms with van der Waals surface area (Å²) < 4.78 is 0.922. The van der Waals surface area contributed by atoms with Gasteiger partial charge in [-0.2, -0.15) is 0 Å². The molecule has 0 aliphatic carbocycles. The number of halogens is 1. The Hall–Kier alpha value is -1.72. The molecule has 0 spiro atoms. The highest BCUT2D eigenvalue weighted by Crippen LogP contribution is 2.30. The van der Waals surface area contributed by atoms with Gasteiger partial charge in [-0.15, -0.1) is 0 Å². The van der Waals surface area contributed by atoms with Crippen LogP contribution >= 0.6 is 28.1 Å². The van der Waals surface area contributed by atoms with Gasteiger partial charge in [0.2, 0.25) is 0 Å². The minimum atomic E-state index is -0.221. The van der Waals surface area contributed by atoms with Gasteiger partial charge in [-0.05, 0) is 40.9 Å². The lowest BCUT2D eigenvalue weighted by molar-refractivity contribution is 0.0976. The molecule has 2 N–H and O–H groups in total. The van der Waals surface area contributed by atoms with E-state index in [9.17, 15) is 4.79 Å². The Morgan fingerprint density at radius 3 is 2.38 bits per heavy atom. The molecule has 126 valence electrons. The molecule has 3 nitrogen and oxygen atoms in total. The molecule has 0 atom stereocenters. The third-order valence-electron chi connectivity index (χ3n) is 3.56. The van der Waals surface area contributed by atoms with E-state index in [2.05, 4.69) is 47.3 Å². The fraction of sp³-hybridized carbons (Fsp3) is 0.263. The van der Waals surface area contributed by atoms with E-state index in [1.54, 1.807) is 0 Å². The SMILES string of the molecule is CC(C)(C)c1ccc(C(=O)NC(=S)NCc2ccccc2)cc1Br. The van der Waals surface area contributed by atoms with Crippen LogP contribution in [-0.2, 0) is 12.0 Å². The zero-order valence-electron chi connectivity index (χ0n) is 14.0. The van der Waals surface area contributed by atoms with E-state index in [-0.39, 0.29) is 11.3 Å². The lowest BCUT2D eigenvalue weighted by Gasteiger charge is -2.21. The lowest BCUT2D eigenvalue weighted by Crippen LogP contribution is -2.38. The summed E-state index contributed by atoms with van der Waals surface area (Å²) in [6.45, 7) is 6.98. The first-order valence-corrected chi connectivity index (χ1v) is 8.90. The van der Waals surface area contributed by atoms with E-state index in [0.717, 1.165) is 15.6 Å².